The molecule has 5 heteroatoms. The molecule has 0 aliphatic carbocycles. The Labute approximate surface area is 156 Å². The Morgan fingerprint density at radius 1 is 1.33 bits per heavy atom. The van der Waals surface area contributed by atoms with Gasteiger partial charge in [-0.25, -0.2) is 0 Å². The molecule has 1 N–H and O–H groups in total. The van der Waals surface area contributed by atoms with Crippen LogP contribution in [0.1, 0.15) is 37.3 Å². The fourth-order valence-corrected chi connectivity index (χ4v) is 2.93. The van der Waals surface area contributed by atoms with Gasteiger partial charge in [0, 0.05) is 10.7 Å². The molecule has 0 spiro atoms. The molecule has 0 radical (unpaired) electrons. The predicted molar refractivity (Wildman–Crippen MR) is 103 cm³/mol. The van der Waals surface area contributed by atoms with Gasteiger partial charge in [-0.2, -0.15) is 0 Å². The summed E-state index contributed by atoms with van der Waals surface area (Å²) in [6, 6.07) is 11.4. The molecule has 0 saturated carbocycles. The largest absolute Gasteiger partial charge is 0.483 e. The molecule has 0 saturated heterocycles. The van der Waals surface area contributed by atoms with Crippen LogP contribution in [0, 0.1) is 6.92 Å². The highest BCUT2D eigenvalue weighted by Gasteiger charge is 2.10. The first kappa shape index (κ1) is 18.8. The fourth-order valence-electron chi connectivity index (χ4n) is 2.25. The van der Waals surface area contributed by atoms with Crippen LogP contribution < -0.4 is 10.1 Å². The maximum absolute atomic E-state index is 12.1. The second-order valence-corrected chi connectivity index (χ2v) is 7.01. The van der Waals surface area contributed by atoms with E-state index < -0.39 is 0 Å². The SMILES string of the molecule is CCC(C)c1ccc(OCC(=O)Nc2cccc(Cl)c2C)c(Br)c1. The summed E-state index contributed by atoms with van der Waals surface area (Å²) in [5, 5.41) is 3.44. The molecule has 0 aliphatic heterocycles. The van der Waals surface area contributed by atoms with Crippen LogP contribution in [-0.4, -0.2) is 12.5 Å². The monoisotopic (exact) mass is 409 g/mol. The lowest BCUT2D eigenvalue weighted by Crippen LogP contribution is -2.20. The molecule has 0 aromatic heterocycles. The zero-order chi connectivity index (χ0) is 17.7. The van der Waals surface area contributed by atoms with Gasteiger partial charge in [-0.15, -0.1) is 0 Å². The first-order chi connectivity index (χ1) is 11.4. The molecule has 1 amide bonds. The average molecular weight is 411 g/mol. The average Bonchev–Trinajstić information content (AvgIpc) is 2.57. The molecule has 128 valence electrons. The van der Waals surface area contributed by atoms with E-state index in [0.29, 0.717) is 22.4 Å². The molecule has 0 bridgehead atoms. The van der Waals surface area contributed by atoms with Crippen molar-refractivity contribution in [2.24, 2.45) is 0 Å². The van der Waals surface area contributed by atoms with Crippen LogP contribution in [0.2, 0.25) is 5.02 Å². The summed E-state index contributed by atoms with van der Waals surface area (Å²) < 4.78 is 6.47. The Balaban J connectivity index is 1.98. The summed E-state index contributed by atoms with van der Waals surface area (Å²) in [5.41, 5.74) is 2.78. The van der Waals surface area contributed by atoms with Crippen LogP contribution >= 0.6 is 27.5 Å². The topological polar surface area (TPSA) is 38.3 Å². The number of halogens is 2. The van der Waals surface area contributed by atoms with E-state index in [9.17, 15) is 4.79 Å². The number of nitrogens with one attached hydrogen (secondary N) is 1. The first-order valence-corrected chi connectivity index (χ1v) is 9.06. The van der Waals surface area contributed by atoms with E-state index in [2.05, 4.69) is 35.1 Å². The third-order valence-electron chi connectivity index (χ3n) is 4.04. The molecule has 2 aromatic carbocycles. The van der Waals surface area contributed by atoms with Crippen LogP contribution in [0.3, 0.4) is 0 Å². The maximum atomic E-state index is 12.1. The van der Waals surface area contributed by atoms with Gasteiger partial charge in [0.1, 0.15) is 5.75 Å². The zero-order valence-corrected chi connectivity index (χ0v) is 16.4. The van der Waals surface area contributed by atoms with Gasteiger partial charge in [-0.1, -0.05) is 37.6 Å². The smallest absolute Gasteiger partial charge is 0.262 e. The molecular weight excluding hydrogens is 390 g/mol. The van der Waals surface area contributed by atoms with Gasteiger partial charge in [-0.05, 0) is 70.6 Å². The van der Waals surface area contributed by atoms with Crippen molar-refractivity contribution in [3.8, 4) is 5.75 Å². The normalized spacial score (nSPS) is 11.9. The molecular formula is C19H21BrClNO2. The number of hydrogen-bond donors (Lipinski definition) is 1. The van der Waals surface area contributed by atoms with Crippen LogP contribution in [0.5, 0.6) is 5.75 Å². The van der Waals surface area contributed by atoms with Crippen molar-refractivity contribution in [3.05, 3.63) is 57.0 Å². The van der Waals surface area contributed by atoms with Crippen molar-refractivity contribution in [2.45, 2.75) is 33.1 Å². The summed E-state index contributed by atoms with van der Waals surface area (Å²) >= 11 is 9.56. The van der Waals surface area contributed by atoms with E-state index in [1.807, 2.05) is 31.2 Å². The van der Waals surface area contributed by atoms with E-state index in [4.69, 9.17) is 16.3 Å². The number of benzene rings is 2. The zero-order valence-electron chi connectivity index (χ0n) is 14.0. The molecule has 24 heavy (non-hydrogen) atoms. The lowest BCUT2D eigenvalue weighted by molar-refractivity contribution is -0.118. The molecule has 0 fully saturated rings. The third kappa shape index (κ3) is 4.74. The summed E-state index contributed by atoms with van der Waals surface area (Å²) in [4.78, 5) is 12.1. The van der Waals surface area contributed by atoms with Crippen LogP contribution in [0.15, 0.2) is 40.9 Å². The van der Waals surface area contributed by atoms with E-state index in [0.717, 1.165) is 16.5 Å². The minimum absolute atomic E-state index is 0.0623. The minimum Gasteiger partial charge on any atom is -0.483 e. The summed E-state index contributed by atoms with van der Waals surface area (Å²) in [7, 11) is 0. The quantitative estimate of drug-likeness (QED) is 0.640. The molecule has 2 rings (SSSR count). The van der Waals surface area contributed by atoms with Crippen LogP contribution in [0.25, 0.3) is 0 Å². The highest BCUT2D eigenvalue weighted by Crippen LogP contribution is 2.30. The Morgan fingerprint density at radius 3 is 2.75 bits per heavy atom. The lowest BCUT2D eigenvalue weighted by Gasteiger charge is -2.13. The number of hydrogen-bond acceptors (Lipinski definition) is 2. The second kappa shape index (κ2) is 8.54. The second-order valence-electron chi connectivity index (χ2n) is 5.75. The minimum atomic E-state index is -0.224. The van der Waals surface area contributed by atoms with Crippen molar-refractivity contribution in [3.63, 3.8) is 0 Å². The van der Waals surface area contributed by atoms with Crippen LogP contribution in [-0.2, 0) is 4.79 Å². The Kier molecular flexibility index (Phi) is 6.69. The van der Waals surface area contributed by atoms with Gasteiger partial charge in [0.05, 0.1) is 4.47 Å². The predicted octanol–water partition coefficient (Wildman–Crippen LogP) is 5.94. The highest BCUT2D eigenvalue weighted by molar-refractivity contribution is 9.10. The van der Waals surface area contributed by atoms with Crippen LogP contribution in [0.4, 0.5) is 5.69 Å². The van der Waals surface area contributed by atoms with Gasteiger partial charge in [-0.3, -0.25) is 4.79 Å². The van der Waals surface area contributed by atoms with Crippen molar-refractivity contribution in [2.75, 3.05) is 11.9 Å². The molecule has 1 unspecified atom stereocenters. The molecule has 2 aromatic rings. The van der Waals surface area contributed by atoms with Crippen molar-refractivity contribution in [1.82, 2.24) is 0 Å². The summed E-state index contributed by atoms with van der Waals surface area (Å²) in [6.07, 6.45) is 1.08. The van der Waals surface area contributed by atoms with Gasteiger partial charge >= 0.3 is 0 Å². The van der Waals surface area contributed by atoms with Gasteiger partial charge in [0.2, 0.25) is 0 Å². The molecule has 3 nitrogen and oxygen atoms in total. The summed E-state index contributed by atoms with van der Waals surface area (Å²) in [6.45, 7) is 6.14. The third-order valence-corrected chi connectivity index (χ3v) is 5.07. The number of anilines is 1. The number of carbonyl (C=O) groups excluding carboxylic acids is 1. The maximum Gasteiger partial charge on any atom is 0.262 e. The first-order valence-electron chi connectivity index (χ1n) is 7.89. The van der Waals surface area contributed by atoms with Crippen molar-refractivity contribution >= 4 is 39.1 Å². The Hall–Kier alpha value is -1.52. The van der Waals surface area contributed by atoms with E-state index in [-0.39, 0.29) is 12.5 Å². The highest BCUT2D eigenvalue weighted by atomic mass is 79.9. The Morgan fingerprint density at radius 2 is 2.08 bits per heavy atom. The lowest BCUT2D eigenvalue weighted by atomic mass is 9.99. The molecule has 0 heterocycles. The number of rotatable bonds is 6. The van der Waals surface area contributed by atoms with Gasteiger partial charge in [0.15, 0.2) is 6.61 Å². The number of amides is 1. The Bertz CT molecular complexity index is 733. The van der Waals surface area contributed by atoms with Gasteiger partial charge in [0.25, 0.3) is 5.91 Å². The molecule has 1 atom stereocenters. The van der Waals surface area contributed by atoms with E-state index in [1.54, 1.807) is 12.1 Å². The number of ether oxygens (including phenoxy) is 1. The summed E-state index contributed by atoms with van der Waals surface area (Å²) in [5.74, 6) is 0.919. The van der Waals surface area contributed by atoms with Crippen molar-refractivity contribution < 1.29 is 9.53 Å². The van der Waals surface area contributed by atoms with E-state index >= 15 is 0 Å². The van der Waals surface area contributed by atoms with Gasteiger partial charge < -0.3 is 10.1 Å². The fraction of sp³-hybridized carbons (Fsp3) is 0.316. The standard InChI is InChI=1S/C19H21BrClNO2/c1-4-12(2)14-8-9-18(15(20)10-14)24-11-19(23)22-17-7-5-6-16(21)13(17)3/h5-10,12H,4,11H2,1-3H3,(H,22,23). The number of carbonyl (C=O) groups is 1. The van der Waals surface area contributed by atoms with Crippen molar-refractivity contribution in [1.29, 1.82) is 0 Å². The molecule has 0 aliphatic rings. The van der Waals surface area contributed by atoms with E-state index in [1.165, 1.54) is 5.56 Å².